The van der Waals surface area contributed by atoms with Crippen LogP contribution >= 0.6 is 0 Å². The Hall–Kier alpha value is -2.58. The fraction of sp³-hybridized carbons (Fsp3) is 0.350. The third-order valence-electron chi connectivity index (χ3n) is 4.38. The summed E-state index contributed by atoms with van der Waals surface area (Å²) in [6.07, 6.45) is 0. The lowest BCUT2D eigenvalue weighted by atomic mass is 10.1. The van der Waals surface area contributed by atoms with Gasteiger partial charge in [0.25, 0.3) is 0 Å². The van der Waals surface area contributed by atoms with Gasteiger partial charge >= 0.3 is 0 Å². The normalized spacial score (nSPS) is 12.5. The molecule has 0 heterocycles. The summed E-state index contributed by atoms with van der Waals surface area (Å²) >= 11 is 0. The predicted molar refractivity (Wildman–Crippen MR) is 107 cm³/mol. The van der Waals surface area contributed by atoms with Crippen molar-refractivity contribution in [1.29, 1.82) is 0 Å². The van der Waals surface area contributed by atoms with Crippen LogP contribution in [0.5, 0.6) is 11.5 Å². The predicted octanol–water partition coefficient (Wildman–Crippen LogP) is 2.51. The average Bonchev–Trinajstić information content (AvgIpc) is 2.67. The second-order valence-corrected chi connectivity index (χ2v) is 8.52. The molecule has 1 unspecified atom stereocenters. The standard InChI is InChI=1S/C20H26N2O5S/c1-14-6-9-17(10-7-14)28(24,25)22(3)13-20(23)21-15(2)18-12-16(26-4)8-11-19(18)27-5/h6-12,15H,13H2,1-5H3,(H,21,23). The van der Waals surface area contributed by atoms with Crippen molar-refractivity contribution in [2.75, 3.05) is 27.8 Å². The first-order valence-corrected chi connectivity index (χ1v) is 10.2. The Kier molecular flexibility index (Phi) is 7.04. The van der Waals surface area contributed by atoms with Crippen molar-refractivity contribution >= 4 is 15.9 Å². The second kappa shape index (κ2) is 9.07. The molecule has 0 saturated heterocycles. The number of nitrogens with one attached hydrogen (secondary N) is 1. The summed E-state index contributed by atoms with van der Waals surface area (Å²) in [6, 6.07) is 11.4. The number of rotatable bonds is 8. The highest BCUT2D eigenvalue weighted by atomic mass is 32.2. The molecule has 1 amide bonds. The van der Waals surface area contributed by atoms with Crippen molar-refractivity contribution in [1.82, 2.24) is 9.62 Å². The molecule has 28 heavy (non-hydrogen) atoms. The van der Waals surface area contributed by atoms with Gasteiger partial charge in [0.15, 0.2) is 0 Å². The molecule has 2 aromatic carbocycles. The molecule has 7 nitrogen and oxygen atoms in total. The van der Waals surface area contributed by atoms with E-state index in [1.54, 1.807) is 51.5 Å². The van der Waals surface area contributed by atoms with Crippen LogP contribution in [0.4, 0.5) is 0 Å². The van der Waals surface area contributed by atoms with Gasteiger partial charge in [0, 0.05) is 12.6 Å². The highest BCUT2D eigenvalue weighted by Gasteiger charge is 2.24. The first-order chi connectivity index (χ1) is 13.2. The van der Waals surface area contributed by atoms with Gasteiger partial charge in [0.05, 0.1) is 31.7 Å². The van der Waals surface area contributed by atoms with Crippen LogP contribution in [0.1, 0.15) is 24.1 Å². The molecule has 8 heteroatoms. The Balaban J connectivity index is 2.10. The van der Waals surface area contributed by atoms with Gasteiger partial charge in [-0.1, -0.05) is 17.7 Å². The maximum atomic E-state index is 12.6. The topological polar surface area (TPSA) is 84.9 Å². The molecule has 0 aliphatic rings. The lowest BCUT2D eigenvalue weighted by molar-refractivity contribution is -0.121. The minimum absolute atomic E-state index is 0.149. The first-order valence-electron chi connectivity index (χ1n) is 8.73. The molecule has 0 fully saturated rings. The van der Waals surface area contributed by atoms with E-state index in [1.807, 2.05) is 6.92 Å². The largest absolute Gasteiger partial charge is 0.497 e. The molecule has 1 atom stereocenters. The molecular formula is C20H26N2O5S. The van der Waals surface area contributed by atoms with Crippen molar-refractivity contribution in [2.45, 2.75) is 24.8 Å². The summed E-state index contributed by atoms with van der Waals surface area (Å²) in [5.41, 5.74) is 1.69. The van der Waals surface area contributed by atoms with E-state index in [0.717, 1.165) is 15.4 Å². The van der Waals surface area contributed by atoms with Gasteiger partial charge in [-0.3, -0.25) is 4.79 Å². The van der Waals surface area contributed by atoms with Crippen LogP contribution in [0.15, 0.2) is 47.4 Å². The third-order valence-corrected chi connectivity index (χ3v) is 6.19. The minimum atomic E-state index is -3.75. The van der Waals surface area contributed by atoms with E-state index < -0.39 is 22.0 Å². The van der Waals surface area contributed by atoms with Crippen LogP contribution in [0, 0.1) is 6.92 Å². The molecule has 0 aromatic heterocycles. The van der Waals surface area contributed by atoms with E-state index in [-0.39, 0.29) is 11.4 Å². The summed E-state index contributed by atoms with van der Waals surface area (Å²) < 4.78 is 36.8. The van der Waals surface area contributed by atoms with Crippen molar-refractivity contribution in [3.63, 3.8) is 0 Å². The number of likely N-dealkylation sites (N-methyl/N-ethyl adjacent to an activating group) is 1. The lowest BCUT2D eigenvalue weighted by Gasteiger charge is -2.21. The number of ether oxygens (including phenoxy) is 2. The second-order valence-electron chi connectivity index (χ2n) is 6.47. The fourth-order valence-corrected chi connectivity index (χ4v) is 3.85. The Morgan fingerprint density at radius 2 is 1.75 bits per heavy atom. The van der Waals surface area contributed by atoms with Gasteiger partial charge in [-0.2, -0.15) is 4.31 Å². The SMILES string of the molecule is COc1ccc(OC)c(C(C)NC(=O)CN(C)S(=O)(=O)c2ccc(C)cc2)c1. The maximum absolute atomic E-state index is 12.6. The molecule has 0 aliphatic carbocycles. The Labute approximate surface area is 166 Å². The van der Waals surface area contributed by atoms with Gasteiger partial charge in [-0.05, 0) is 44.2 Å². The molecule has 2 aromatic rings. The average molecular weight is 407 g/mol. The summed E-state index contributed by atoms with van der Waals surface area (Å²) in [5, 5.41) is 2.81. The fourth-order valence-electron chi connectivity index (χ4n) is 2.72. The number of nitrogens with zero attached hydrogens (tertiary/aromatic N) is 1. The number of carbonyl (C=O) groups excluding carboxylic acids is 1. The first kappa shape index (κ1) is 21.7. The molecule has 1 N–H and O–H groups in total. The molecule has 152 valence electrons. The zero-order valence-electron chi connectivity index (χ0n) is 16.7. The Morgan fingerprint density at radius 1 is 1.11 bits per heavy atom. The number of aryl methyl sites for hydroxylation is 1. The van der Waals surface area contributed by atoms with Gasteiger partial charge in [-0.25, -0.2) is 8.42 Å². The quantitative estimate of drug-likeness (QED) is 0.728. The van der Waals surface area contributed by atoms with E-state index >= 15 is 0 Å². The minimum Gasteiger partial charge on any atom is -0.497 e. The van der Waals surface area contributed by atoms with Gasteiger partial charge < -0.3 is 14.8 Å². The van der Waals surface area contributed by atoms with E-state index in [2.05, 4.69) is 5.32 Å². The Morgan fingerprint density at radius 3 is 2.32 bits per heavy atom. The van der Waals surface area contributed by atoms with Crippen molar-refractivity contribution in [3.8, 4) is 11.5 Å². The molecule has 0 bridgehead atoms. The highest BCUT2D eigenvalue weighted by molar-refractivity contribution is 7.89. The highest BCUT2D eigenvalue weighted by Crippen LogP contribution is 2.29. The maximum Gasteiger partial charge on any atom is 0.243 e. The van der Waals surface area contributed by atoms with Crippen LogP contribution in [0.2, 0.25) is 0 Å². The van der Waals surface area contributed by atoms with E-state index in [4.69, 9.17) is 9.47 Å². The Bertz CT molecular complexity index is 926. The molecular weight excluding hydrogens is 380 g/mol. The van der Waals surface area contributed by atoms with Crippen molar-refractivity contribution < 1.29 is 22.7 Å². The number of hydrogen-bond donors (Lipinski definition) is 1. The summed E-state index contributed by atoms with van der Waals surface area (Å²) in [5.74, 6) is 0.820. The number of sulfonamides is 1. The number of amides is 1. The lowest BCUT2D eigenvalue weighted by Crippen LogP contribution is -2.39. The third kappa shape index (κ3) is 5.02. The van der Waals surface area contributed by atoms with Gasteiger partial charge in [-0.15, -0.1) is 0 Å². The van der Waals surface area contributed by atoms with Crippen molar-refractivity contribution in [3.05, 3.63) is 53.6 Å². The van der Waals surface area contributed by atoms with E-state index in [1.165, 1.54) is 19.2 Å². The van der Waals surface area contributed by atoms with Crippen LogP contribution in [0.3, 0.4) is 0 Å². The molecule has 0 saturated carbocycles. The van der Waals surface area contributed by atoms with E-state index in [0.29, 0.717) is 11.5 Å². The summed E-state index contributed by atoms with van der Waals surface area (Å²) in [7, 11) is 0.732. The molecule has 0 aliphatic heterocycles. The zero-order valence-corrected chi connectivity index (χ0v) is 17.5. The number of carbonyl (C=O) groups is 1. The molecule has 0 radical (unpaired) electrons. The number of methoxy groups -OCH3 is 2. The monoisotopic (exact) mass is 406 g/mol. The van der Waals surface area contributed by atoms with Crippen LogP contribution < -0.4 is 14.8 Å². The summed E-state index contributed by atoms with van der Waals surface area (Å²) in [4.78, 5) is 12.6. The van der Waals surface area contributed by atoms with Gasteiger partial charge in [0.2, 0.25) is 15.9 Å². The van der Waals surface area contributed by atoms with Crippen LogP contribution in [0.25, 0.3) is 0 Å². The van der Waals surface area contributed by atoms with E-state index in [9.17, 15) is 13.2 Å². The molecule has 2 rings (SSSR count). The molecule has 0 spiro atoms. The van der Waals surface area contributed by atoms with Crippen LogP contribution in [-0.4, -0.2) is 46.4 Å². The van der Waals surface area contributed by atoms with Crippen molar-refractivity contribution in [2.24, 2.45) is 0 Å². The van der Waals surface area contributed by atoms with Gasteiger partial charge in [0.1, 0.15) is 11.5 Å². The summed E-state index contributed by atoms with van der Waals surface area (Å²) in [6.45, 7) is 3.37. The number of hydrogen-bond acceptors (Lipinski definition) is 5. The smallest absolute Gasteiger partial charge is 0.243 e. The number of benzene rings is 2. The van der Waals surface area contributed by atoms with Crippen LogP contribution in [-0.2, 0) is 14.8 Å². The zero-order chi connectivity index (χ0) is 20.9.